The number of allylic oxidation sites excluding steroid dienone is 2. The number of hydrogen-bond donors (Lipinski definition) is 3. The van der Waals surface area contributed by atoms with Gasteiger partial charge in [0.1, 0.15) is 6.10 Å². The summed E-state index contributed by atoms with van der Waals surface area (Å²) in [7, 11) is -4.51. The van der Waals surface area contributed by atoms with Crippen LogP contribution in [-0.2, 0) is 19.4 Å². The number of fused-ring (bicyclic) bond motifs is 5. The molecule has 0 amide bonds. The van der Waals surface area contributed by atoms with Crippen molar-refractivity contribution in [2.75, 3.05) is 0 Å². The third kappa shape index (κ3) is 4.90. The molecule has 0 aliphatic heterocycles. The molecule has 4 aliphatic rings. The van der Waals surface area contributed by atoms with Crippen molar-refractivity contribution in [1.82, 2.24) is 0 Å². The zero-order valence-corrected chi connectivity index (χ0v) is 22.6. The van der Waals surface area contributed by atoms with Crippen LogP contribution in [0.2, 0.25) is 0 Å². The summed E-state index contributed by atoms with van der Waals surface area (Å²) >= 11 is 0. The Hall–Kier alpha value is -0.800. The second kappa shape index (κ2) is 9.50. The third-order valence-corrected chi connectivity index (χ3v) is 11.0. The van der Waals surface area contributed by atoms with Gasteiger partial charge in [-0.2, -0.15) is 8.42 Å². The highest BCUT2D eigenvalue weighted by molar-refractivity contribution is 7.80. The fourth-order valence-corrected chi connectivity index (χ4v) is 9.24. The molecule has 1 unspecified atom stereocenters. The molecule has 0 aromatic heterocycles. The van der Waals surface area contributed by atoms with Gasteiger partial charge in [0.25, 0.3) is 0 Å². The van der Waals surface area contributed by atoms with Crippen LogP contribution in [0.4, 0.5) is 0 Å². The van der Waals surface area contributed by atoms with Crippen LogP contribution in [0.1, 0.15) is 86.0 Å². The first-order valence-corrected chi connectivity index (χ1v) is 14.8. The summed E-state index contributed by atoms with van der Waals surface area (Å²) < 4.78 is 36.5. The molecular formula is C27H44O7S. The van der Waals surface area contributed by atoms with Crippen LogP contribution in [0.15, 0.2) is 11.6 Å². The number of carbonyl (C=O) groups is 1. The Morgan fingerprint density at radius 1 is 1.14 bits per heavy atom. The van der Waals surface area contributed by atoms with Crippen molar-refractivity contribution >= 4 is 16.2 Å². The Bertz CT molecular complexity index is 959. The number of hydrogen-bond acceptors (Lipinski definition) is 6. The van der Waals surface area contributed by atoms with E-state index in [2.05, 4.69) is 26.8 Å². The molecule has 3 fully saturated rings. The highest BCUT2D eigenvalue weighted by Gasteiger charge is 2.60. The summed E-state index contributed by atoms with van der Waals surface area (Å²) in [6, 6.07) is 0. The van der Waals surface area contributed by atoms with E-state index in [4.69, 9.17) is 8.74 Å². The molecule has 0 aromatic rings. The summed E-state index contributed by atoms with van der Waals surface area (Å²) in [4.78, 5) is 12.6. The molecule has 0 aromatic carbocycles. The highest BCUT2D eigenvalue weighted by atomic mass is 32.3. The van der Waals surface area contributed by atoms with Gasteiger partial charge in [-0.05, 0) is 91.3 Å². The summed E-state index contributed by atoms with van der Waals surface area (Å²) in [6.07, 6.45) is 6.20. The quantitative estimate of drug-likeness (QED) is 0.343. The van der Waals surface area contributed by atoms with Crippen molar-refractivity contribution in [1.29, 1.82) is 0 Å². The molecule has 0 radical (unpaired) electrons. The van der Waals surface area contributed by atoms with Crippen LogP contribution in [0.25, 0.3) is 0 Å². The number of Topliss-reactive ketones (excluding diaryl/α,β-unsaturated/α-hetero) is 1. The third-order valence-electron chi connectivity index (χ3n) is 10.5. The number of aliphatic hydroxyl groups excluding tert-OH is 2. The van der Waals surface area contributed by atoms with Crippen LogP contribution in [0, 0.1) is 46.3 Å². The maximum absolute atomic E-state index is 12.6. The second-order valence-corrected chi connectivity index (χ2v) is 13.9. The lowest BCUT2D eigenvalue weighted by molar-refractivity contribution is -0.130. The first kappa shape index (κ1) is 27.2. The van der Waals surface area contributed by atoms with Gasteiger partial charge in [-0.25, -0.2) is 4.18 Å². The van der Waals surface area contributed by atoms with E-state index in [1.54, 1.807) is 0 Å². The Morgan fingerprint density at radius 2 is 1.83 bits per heavy atom. The highest BCUT2D eigenvalue weighted by Crippen LogP contribution is 2.66. The average Bonchev–Trinajstić information content (AvgIpc) is 3.10. The lowest BCUT2D eigenvalue weighted by atomic mass is 9.47. The monoisotopic (exact) mass is 512 g/mol. The van der Waals surface area contributed by atoms with Gasteiger partial charge < -0.3 is 10.2 Å². The maximum atomic E-state index is 12.6. The smallest absolute Gasteiger partial charge is 0.393 e. The van der Waals surface area contributed by atoms with Gasteiger partial charge in [-0.1, -0.05) is 46.3 Å². The van der Waals surface area contributed by atoms with Crippen molar-refractivity contribution in [2.45, 2.75) is 104 Å². The summed E-state index contributed by atoms with van der Waals surface area (Å²) in [6.45, 7) is 10.5. The zero-order valence-electron chi connectivity index (χ0n) is 21.8. The summed E-state index contributed by atoms with van der Waals surface area (Å²) in [5, 5.41) is 21.5. The molecule has 0 spiro atoms. The molecule has 3 saturated carbocycles. The van der Waals surface area contributed by atoms with Crippen molar-refractivity contribution in [3.05, 3.63) is 11.6 Å². The van der Waals surface area contributed by atoms with Gasteiger partial charge in [0.2, 0.25) is 0 Å². The van der Waals surface area contributed by atoms with Gasteiger partial charge in [0.05, 0.1) is 12.2 Å². The van der Waals surface area contributed by atoms with Crippen LogP contribution >= 0.6 is 0 Å². The van der Waals surface area contributed by atoms with Crippen molar-refractivity contribution < 1.29 is 32.2 Å². The predicted molar refractivity (Wildman–Crippen MR) is 133 cm³/mol. The predicted octanol–water partition coefficient (Wildman–Crippen LogP) is 4.34. The number of carbonyl (C=O) groups excluding carboxylic acids is 1. The molecule has 0 heterocycles. The standard InChI is InChI=1S/C27H44O7S/c1-15(2)25(30)24(29)12-16(3)19-6-7-20-18-14-23(28)22-13-17(34-35(31,32)33)8-10-27(22,5)21(18)9-11-26(19,20)4/h9,15-20,22-23,25,28,30H,6-8,10-14H2,1-5H3,(H,31,32,33)/t16-,17+,18+,19-,20+,22-,23+,25?,26-,27-/m1/s1. The normalized spacial score (nSPS) is 43.1. The Kier molecular flexibility index (Phi) is 7.39. The molecule has 200 valence electrons. The molecule has 10 atom stereocenters. The van der Waals surface area contributed by atoms with E-state index in [0.29, 0.717) is 37.5 Å². The van der Waals surface area contributed by atoms with Gasteiger partial charge in [-0.15, -0.1) is 0 Å². The van der Waals surface area contributed by atoms with E-state index in [1.807, 2.05) is 13.8 Å². The Labute approximate surface area is 210 Å². The van der Waals surface area contributed by atoms with E-state index >= 15 is 0 Å². The van der Waals surface area contributed by atoms with E-state index in [0.717, 1.165) is 25.7 Å². The zero-order chi connectivity index (χ0) is 25.9. The lowest BCUT2D eigenvalue weighted by Crippen LogP contribution is -2.54. The SMILES string of the molecule is CC(C)C(O)C(=O)C[C@@H](C)[C@H]1CC[C@H]2[C@@H]3C[C@H](O)[C@H]4C[C@@H](OS(=O)(=O)O)CC[C@]4(C)C3=CC[C@]12C. The number of rotatable bonds is 7. The lowest BCUT2D eigenvalue weighted by Gasteiger charge is -2.58. The second-order valence-electron chi connectivity index (χ2n) is 12.9. The fourth-order valence-electron chi connectivity index (χ4n) is 8.72. The van der Waals surface area contributed by atoms with Gasteiger partial charge in [-0.3, -0.25) is 9.35 Å². The molecule has 0 saturated heterocycles. The molecule has 4 aliphatic carbocycles. The minimum Gasteiger partial charge on any atom is -0.393 e. The molecule has 4 rings (SSSR count). The molecule has 3 N–H and O–H groups in total. The van der Waals surface area contributed by atoms with Gasteiger partial charge in [0.15, 0.2) is 5.78 Å². The van der Waals surface area contributed by atoms with Crippen LogP contribution in [0.5, 0.6) is 0 Å². The first-order chi connectivity index (χ1) is 16.2. The van der Waals surface area contributed by atoms with Crippen LogP contribution in [0.3, 0.4) is 0 Å². The van der Waals surface area contributed by atoms with Crippen molar-refractivity contribution in [3.63, 3.8) is 0 Å². The topological polar surface area (TPSA) is 121 Å². The van der Waals surface area contributed by atoms with E-state index in [-0.39, 0.29) is 40.3 Å². The molecule has 7 nitrogen and oxygen atoms in total. The summed E-state index contributed by atoms with van der Waals surface area (Å²) in [5.74, 6) is 1.11. The maximum Gasteiger partial charge on any atom is 0.397 e. The Balaban J connectivity index is 1.54. The minimum atomic E-state index is -4.51. The molecule has 8 heteroatoms. The molecule has 35 heavy (non-hydrogen) atoms. The van der Waals surface area contributed by atoms with E-state index < -0.39 is 28.7 Å². The largest absolute Gasteiger partial charge is 0.397 e. The van der Waals surface area contributed by atoms with Crippen LogP contribution < -0.4 is 0 Å². The molecule has 0 bridgehead atoms. The fraction of sp³-hybridized carbons (Fsp3) is 0.889. The average molecular weight is 513 g/mol. The minimum absolute atomic E-state index is 0.0566. The molecular weight excluding hydrogens is 468 g/mol. The summed E-state index contributed by atoms with van der Waals surface area (Å²) in [5.41, 5.74) is 1.27. The van der Waals surface area contributed by atoms with Crippen molar-refractivity contribution in [3.8, 4) is 0 Å². The van der Waals surface area contributed by atoms with Crippen molar-refractivity contribution in [2.24, 2.45) is 46.3 Å². The van der Waals surface area contributed by atoms with Crippen LogP contribution in [-0.4, -0.2) is 47.3 Å². The number of aliphatic hydroxyl groups is 2. The Morgan fingerprint density at radius 3 is 2.46 bits per heavy atom. The van der Waals surface area contributed by atoms with E-state index in [1.165, 1.54) is 5.57 Å². The van der Waals surface area contributed by atoms with Gasteiger partial charge >= 0.3 is 10.4 Å². The van der Waals surface area contributed by atoms with Gasteiger partial charge in [0, 0.05) is 6.42 Å². The van der Waals surface area contributed by atoms with E-state index in [9.17, 15) is 23.4 Å². The first-order valence-electron chi connectivity index (χ1n) is 13.4. The number of ketones is 1.